The molecule has 0 radical (unpaired) electrons. The average Bonchev–Trinajstić information content (AvgIpc) is 3.51. The van der Waals surface area contributed by atoms with Gasteiger partial charge < -0.3 is 0 Å². The molecule has 0 bridgehead atoms. The molecule has 9 aromatic carbocycles. The number of hydrogen-bond acceptors (Lipinski definition) is 3. The molecule has 0 atom stereocenters. The van der Waals surface area contributed by atoms with E-state index in [0.717, 1.165) is 55.8 Å². The van der Waals surface area contributed by atoms with Gasteiger partial charge in [0.15, 0.2) is 5.82 Å². The zero-order valence-corrected chi connectivity index (χ0v) is 32.0. The van der Waals surface area contributed by atoms with Crippen LogP contribution in [0.2, 0.25) is 0 Å². The van der Waals surface area contributed by atoms with E-state index in [-0.39, 0.29) is 5.69 Å². The van der Waals surface area contributed by atoms with Crippen LogP contribution in [0.15, 0.2) is 187 Å². The summed E-state index contributed by atoms with van der Waals surface area (Å²) in [4.78, 5) is 22.8. The Morgan fingerprint density at radius 1 is 0.362 bits per heavy atom. The van der Waals surface area contributed by atoms with Crippen molar-refractivity contribution in [1.29, 1.82) is 0 Å². The molecule has 0 unspecified atom stereocenters. The molecule has 11 aromatic rings. The van der Waals surface area contributed by atoms with Gasteiger partial charge in [-0.3, -0.25) is 9.13 Å². The molecule has 58 heavy (non-hydrogen) atoms. The third kappa shape index (κ3) is 5.35. The van der Waals surface area contributed by atoms with Gasteiger partial charge in [-0.05, 0) is 89.6 Å². The molecular formula is C53H36N4O. The van der Waals surface area contributed by atoms with Crippen LogP contribution in [0.4, 0.5) is 0 Å². The Kier molecular flexibility index (Phi) is 7.70. The van der Waals surface area contributed by atoms with E-state index in [4.69, 9.17) is 9.97 Å². The highest BCUT2D eigenvalue weighted by molar-refractivity contribution is 6.33. The molecule has 5 nitrogen and oxygen atoms in total. The van der Waals surface area contributed by atoms with Gasteiger partial charge in [0.05, 0.1) is 22.4 Å². The summed E-state index contributed by atoms with van der Waals surface area (Å²) in [6, 6.07) is 64.5. The second kappa shape index (κ2) is 13.2. The SMILES string of the molecule is Cn1c(=O)n(C)c2cc(-c3ccc(-c4cc(-c5ccc(-c6cc7c8ccccc8c8ccccc8c7c7ccccc67)cc5)nc(-c5ccccc5)n4)cc3)ccc21. The van der Waals surface area contributed by atoms with E-state index in [0.29, 0.717) is 5.82 Å². The summed E-state index contributed by atoms with van der Waals surface area (Å²) in [5, 5.41) is 10.1. The Morgan fingerprint density at radius 2 is 0.828 bits per heavy atom. The van der Waals surface area contributed by atoms with Crippen LogP contribution < -0.4 is 5.69 Å². The van der Waals surface area contributed by atoms with Crippen molar-refractivity contribution in [3.05, 3.63) is 192 Å². The minimum absolute atomic E-state index is 0.0318. The van der Waals surface area contributed by atoms with Crippen molar-refractivity contribution >= 4 is 54.1 Å². The van der Waals surface area contributed by atoms with E-state index in [1.165, 1.54) is 48.7 Å². The number of fused-ring (bicyclic) bond motifs is 9. The van der Waals surface area contributed by atoms with Crippen molar-refractivity contribution in [2.24, 2.45) is 14.1 Å². The largest absolute Gasteiger partial charge is 0.328 e. The van der Waals surface area contributed by atoms with Gasteiger partial charge in [-0.15, -0.1) is 0 Å². The quantitative estimate of drug-likeness (QED) is 0.165. The van der Waals surface area contributed by atoms with Crippen molar-refractivity contribution in [2.45, 2.75) is 0 Å². The lowest BCUT2D eigenvalue weighted by Crippen LogP contribution is -2.19. The lowest BCUT2D eigenvalue weighted by atomic mass is 9.87. The summed E-state index contributed by atoms with van der Waals surface area (Å²) in [7, 11) is 3.62. The molecule has 2 heterocycles. The van der Waals surface area contributed by atoms with Crippen LogP contribution in [0.25, 0.3) is 110 Å². The Balaban J connectivity index is 1.01. The van der Waals surface area contributed by atoms with E-state index in [2.05, 4.69) is 158 Å². The maximum atomic E-state index is 12.6. The Bertz CT molecular complexity index is 3470. The number of hydrogen-bond donors (Lipinski definition) is 0. The summed E-state index contributed by atoms with van der Waals surface area (Å²) in [5.74, 6) is 0.677. The third-order valence-corrected chi connectivity index (χ3v) is 11.8. The van der Waals surface area contributed by atoms with Crippen molar-refractivity contribution < 1.29 is 0 Å². The molecule has 274 valence electrons. The standard InChI is InChI=1S/C53H36N4O/c1-56-49-29-28-38(30-50(49)57(2)53(56)58)33-20-24-35(25-21-33)47-32-48(55-52(54-47)37-12-4-3-5-13-37)36-26-22-34(23-27-36)45-31-46-41-16-7-6-14-39(41)40-15-8-10-18-43(40)51(46)44-19-11-9-17-42(44)45/h3-32H,1-2H3. The molecule has 0 amide bonds. The fraction of sp³-hybridized carbons (Fsp3) is 0.0377. The monoisotopic (exact) mass is 744 g/mol. The molecule has 5 heteroatoms. The van der Waals surface area contributed by atoms with Crippen LogP contribution >= 0.6 is 0 Å². The van der Waals surface area contributed by atoms with E-state index < -0.39 is 0 Å². The molecule has 0 aliphatic carbocycles. The predicted molar refractivity (Wildman–Crippen MR) is 241 cm³/mol. The van der Waals surface area contributed by atoms with Gasteiger partial charge in [-0.25, -0.2) is 14.8 Å². The molecule has 0 saturated heterocycles. The first-order chi connectivity index (χ1) is 28.5. The zero-order chi connectivity index (χ0) is 38.9. The predicted octanol–water partition coefficient (Wildman–Crippen LogP) is 12.6. The van der Waals surface area contributed by atoms with Gasteiger partial charge in [-0.2, -0.15) is 0 Å². The van der Waals surface area contributed by atoms with Crippen LogP contribution in [0.3, 0.4) is 0 Å². The first kappa shape index (κ1) is 33.7. The van der Waals surface area contributed by atoms with Crippen molar-refractivity contribution in [2.75, 3.05) is 0 Å². The van der Waals surface area contributed by atoms with Gasteiger partial charge in [0.25, 0.3) is 0 Å². The summed E-state index contributed by atoms with van der Waals surface area (Å²) in [6.07, 6.45) is 0. The molecule has 0 aliphatic heterocycles. The average molecular weight is 745 g/mol. The van der Waals surface area contributed by atoms with Gasteiger partial charge >= 0.3 is 5.69 Å². The van der Waals surface area contributed by atoms with Gasteiger partial charge in [0, 0.05) is 30.8 Å². The van der Waals surface area contributed by atoms with Gasteiger partial charge in [-0.1, -0.05) is 158 Å². The molecule has 0 saturated carbocycles. The fourth-order valence-corrected chi connectivity index (χ4v) is 8.81. The van der Waals surface area contributed by atoms with E-state index in [1.807, 2.05) is 38.4 Å². The minimum Gasteiger partial charge on any atom is -0.295 e. The number of nitrogens with zero attached hydrogens (tertiary/aromatic N) is 4. The van der Waals surface area contributed by atoms with Crippen LogP contribution in [0.5, 0.6) is 0 Å². The van der Waals surface area contributed by atoms with Gasteiger partial charge in [0.1, 0.15) is 0 Å². The highest BCUT2D eigenvalue weighted by atomic mass is 16.1. The van der Waals surface area contributed by atoms with Crippen molar-refractivity contribution in [3.63, 3.8) is 0 Å². The highest BCUT2D eigenvalue weighted by Gasteiger charge is 2.17. The number of imidazole rings is 1. The van der Waals surface area contributed by atoms with Crippen LogP contribution in [-0.2, 0) is 14.1 Å². The molecule has 2 aromatic heterocycles. The number of benzene rings is 9. The first-order valence-electron chi connectivity index (χ1n) is 19.6. The maximum Gasteiger partial charge on any atom is 0.328 e. The smallest absolute Gasteiger partial charge is 0.295 e. The maximum absolute atomic E-state index is 12.6. The summed E-state index contributed by atoms with van der Waals surface area (Å²) < 4.78 is 3.38. The second-order valence-corrected chi connectivity index (χ2v) is 15.1. The Morgan fingerprint density at radius 3 is 1.47 bits per heavy atom. The minimum atomic E-state index is -0.0318. The van der Waals surface area contributed by atoms with Crippen molar-refractivity contribution in [1.82, 2.24) is 19.1 Å². The summed E-state index contributed by atoms with van der Waals surface area (Å²) in [5.41, 5.74) is 10.9. The zero-order valence-electron chi connectivity index (χ0n) is 32.0. The van der Waals surface area contributed by atoms with E-state index in [9.17, 15) is 4.79 Å². The van der Waals surface area contributed by atoms with E-state index in [1.54, 1.807) is 9.13 Å². The van der Waals surface area contributed by atoms with Crippen LogP contribution in [-0.4, -0.2) is 19.1 Å². The molecule has 0 spiro atoms. The topological polar surface area (TPSA) is 52.7 Å². The van der Waals surface area contributed by atoms with Crippen molar-refractivity contribution in [3.8, 4) is 56.2 Å². The Hall–Kier alpha value is -7.63. The lowest BCUT2D eigenvalue weighted by Gasteiger charge is -2.16. The summed E-state index contributed by atoms with van der Waals surface area (Å²) in [6.45, 7) is 0. The molecular weight excluding hydrogens is 709 g/mol. The van der Waals surface area contributed by atoms with Gasteiger partial charge in [0.2, 0.25) is 0 Å². The number of rotatable bonds is 5. The summed E-state index contributed by atoms with van der Waals surface area (Å²) >= 11 is 0. The van der Waals surface area contributed by atoms with Crippen LogP contribution in [0, 0.1) is 0 Å². The fourth-order valence-electron chi connectivity index (χ4n) is 8.81. The normalized spacial score (nSPS) is 11.7. The molecule has 0 fully saturated rings. The first-order valence-corrected chi connectivity index (χ1v) is 19.6. The molecule has 11 rings (SSSR count). The molecule has 0 aliphatic rings. The lowest BCUT2D eigenvalue weighted by molar-refractivity contribution is 0.795. The van der Waals surface area contributed by atoms with Crippen LogP contribution in [0.1, 0.15) is 0 Å². The second-order valence-electron chi connectivity index (χ2n) is 15.1. The third-order valence-electron chi connectivity index (χ3n) is 11.8. The number of aromatic nitrogens is 4. The number of aryl methyl sites for hydroxylation is 2. The highest BCUT2D eigenvalue weighted by Crippen LogP contribution is 2.43. The molecule has 0 N–H and O–H groups in total. The Labute approximate surface area is 334 Å². The van der Waals surface area contributed by atoms with E-state index >= 15 is 0 Å².